The lowest BCUT2D eigenvalue weighted by atomic mass is 9.81. The molecule has 6 heteroatoms. The van der Waals surface area contributed by atoms with Gasteiger partial charge in [0.1, 0.15) is 5.82 Å². The second-order valence-electron chi connectivity index (χ2n) is 5.24. The van der Waals surface area contributed by atoms with Crippen LogP contribution in [0.2, 0.25) is 0 Å². The minimum Gasteiger partial charge on any atom is -0.396 e. The Labute approximate surface area is 113 Å². The zero-order valence-electron chi connectivity index (χ0n) is 11.1. The van der Waals surface area contributed by atoms with Crippen LogP contribution in [0.25, 0.3) is 0 Å². The van der Waals surface area contributed by atoms with E-state index in [0.29, 0.717) is 11.5 Å². The summed E-state index contributed by atoms with van der Waals surface area (Å²) in [7, 11) is -3.65. The molecular formula is C13H19FN2O2S. The van der Waals surface area contributed by atoms with Crippen LogP contribution in [0, 0.1) is 18.7 Å². The molecule has 106 valence electrons. The molecule has 0 amide bonds. The number of sulfonamides is 1. The highest BCUT2D eigenvalue weighted by Crippen LogP contribution is 2.30. The summed E-state index contributed by atoms with van der Waals surface area (Å²) in [6, 6.07) is 2.22. The van der Waals surface area contributed by atoms with E-state index in [1.165, 1.54) is 6.07 Å². The van der Waals surface area contributed by atoms with E-state index in [1.807, 2.05) is 6.92 Å². The molecule has 1 aliphatic rings. The fourth-order valence-corrected chi connectivity index (χ4v) is 3.88. The van der Waals surface area contributed by atoms with E-state index >= 15 is 0 Å². The normalized spacial score (nSPS) is 18.1. The molecular weight excluding hydrogens is 267 g/mol. The first-order valence-electron chi connectivity index (χ1n) is 6.39. The third kappa shape index (κ3) is 2.90. The standard InChI is InChI=1S/C13H19FN2O2S/c1-8-6-11(14)12(15)7-13(8)19(17,18)16-9(2)10-4-3-5-10/h6-7,9-10,16H,3-5,15H2,1-2H3. The monoisotopic (exact) mass is 286 g/mol. The number of nitrogen functional groups attached to an aromatic ring is 1. The number of nitrogens with one attached hydrogen (secondary N) is 1. The van der Waals surface area contributed by atoms with Crippen LogP contribution in [-0.2, 0) is 10.0 Å². The van der Waals surface area contributed by atoms with Crippen LogP contribution in [0.4, 0.5) is 10.1 Å². The van der Waals surface area contributed by atoms with E-state index < -0.39 is 15.8 Å². The molecule has 1 fully saturated rings. The molecule has 1 aromatic rings. The summed E-state index contributed by atoms with van der Waals surface area (Å²) in [5.41, 5.74) is 5.66. The number of nitrogens with two attached hydrogens (primary N) is 1. The Hall–Kier alpha value is -1.14. The largest absolute Gasteiger partial charge is 0.396 e. The molecule has 0 aliphatic heterocycles. The van der Waals surface area contributed by atoms with Crippen molar-refractivity contribution in [2.24, 2.45) is 5.92 Å². The van der Waals surface area contributed by atoms with Crippen LogP contribution < -0.4 is 10.5 Å². The summed E-state index contributed by atoms with van der Waals surface area (Å²) in [5.74, 6) is -0.198. The van der Waals surface area contributed by atoms with Gasteiger partial charge in [0.2, 0.25) is 10.0 Å². The summed E-state index contributed by atoms with van der Waals surface area (Å²) < 4.78 is 40.5. The lowest BCUT2D eigenvalue weighted by Crippen LogP contribution is -2.40. The molecule has 0 saturated heterocycles. The average Bonchev–Trinajstić information content (AvgIpc) is 2.19. The number of halogens is 1. The van der Waals surface area contributed by atoms with Crippen LogP contribution in [0.3, 0.4) is 0 Å². The number of benzene rings is 1. The predicted octanol–water partition coefficient (Wildman–Crippen LogP) is 2.18. The van der Waals surface area contributed by atoms with Gasteiger partial charge in [-0.15, -0.1) is 0 Å². The molecule has 0 spiro atoms. The topological polar surface area (TPSA) is 72.2 Å². The fourth-order valence-electron chi connectivity index (χ4n) is 2.30. The van der Waals surface area contributed by atoms with Gasteiger partial charge in [0.25, 0.3) is 0 Å². The van der Waals surface area contributed by atoms with Crippen molar-refractivity contribution in [1.29, 1.82) is 0 Å². The third-order valence-electron chi connectivity index (χ3n) is 3.78. The quantitative estimate of drug-likeness (QED) is 0.833. The first-order valence-corrected chi connectivity index (χ1v) is 7.87. The highest BCUT2D eigenvalue weighted by atomic mass is 32.2. The molecule has 0 aromatic heterocycles. The van der Waals surface area contributed by atoms with Gasteiger partial charge in [0.05, 0.1) is 10.6 Å². The van der Waals surface area contributed by atoms with Gasteiger partial charge >= 0.3 is 0 Å². The summed E-state index contributed by atoms with van der Waals surface area (Å²) in [6.07, 6.45) is 3.25. The maximum Gasteiger partial charge on any atom is 0.241 e. The molecule has 1 unspecified atom stereocenters. The summed E-state index contributed by atoms with van der Waals surface area (Å²) >= 11 is 0. The molecule has 0 heterocycles. The predicted molar refractivity (Wildman–Crippen MR) is 72.7 cm³/mol. The molecule has 3 N–H and O–H groups in total. The van der Waals surface area contributed by atoms with Crippen LogP contribution in [0.1, 0.15) is 31.7 Å². The van der Waals surface area contributed by atoms with Crippen molar-refractivity contribution in [2.75, 3.05) is 5.73 Å². The minimum atomic E-state index is -3.65. The lowest BCUT2D eigenvalue weighted by Gasteiger charge is -2.31. The zero-order valence-corrected chi connectivity index (χ0v) is 11.9. The number of anilines is 1. The fraction of sp³-hybridized carbons (Fsp3) is 0.538. The third-order valence-corrected chi connectivity index (χ3v) is 5.48. The summed E-state index contributed by atoms with van der Waals surface area (Å²) in [6.45, 7) is 3.43. The van der Waals surface area contributed by atoms with Crippen LogP contribution in [0.5, 0.6) is 0 Å². The highest BCUT2D eigenvalue weighted by molar-refractivity contribution is 7.89. The van der Waals surface area contributed by atoms with Crippen LogP contribution >= 0.6 is 0 Å². The van der Waals surface area contributed by atoms with Gasteiger partial charge < -0.3 is 5.73 Å². The Kier molecular flexibility index (Phi) is 3.82. The van der Waals surface area contributed by atoms with Gasteiger partial charge in [-0.2, -0.15) is 0 Å². The Morgan fingerprint density at radius 1 is 1.42 bits per heavy atom. The summed E-state index contributed by atoms with van der Waals surface area (Å²) in [5, 5.41) is 0. The molecule has 1 aromatic carbocycles. The molecule has 2 rings (SSSR count). The smallest absolute Gasteiger partial charge is 0.241 e. The van der Waals surface area contributed by atoms with Crippen molar-refractivity contribution in [1.82, 2.24) is 4.72 Å². The molecule has 19 heavy (non-hydrogen) atoms. The van der Waals surface area contributed by atoms with E-state index in [9.17, 15) is 12.8 Å². The van der Waals surface area contributed by atoms with Gasteiger partial charge in [-0.1, -0.05) is 6.42 Å². The number of aryl methyl sites for hydroxylation is 1. The van der Waals surface area contributed by atoms with E-state index in [0.717, 1.165) is 25.3 Å². The molecule has 4 nitrogen and oxygen atoms in total. The average molecular weight is 286 g/mol. The Morgan fingerprint density at radius 3 is 2.58 bits per heavy atom. The van der Waals surface area contributed by atoms with E-state index in [4.69, 9.17) is 5.73 Å². The van der Waals surface area contributed by atoms with E-state index in [-0.39, 0.29) is 16.6 Å². The van der Waals surface area contributed by atoms with Crippen molar-refractivity contribution in [2.45, 2.75) is 44.0 Å². The maximum absolute atomic E-state index is 13.3. The SMILES string of the molecule is Cc1cc(F)c(N)cc1S(=O)(=O)NC(C)C1CCC1. The minimum absolute atomic E-state index is 0.0533. The van der Waals surface area contributed by atoms with Gasteiger partial charge in [0.15, 0.2) is 0 Å². The lowest BCUT2D eigenvalue weighted by molar-refractivity contribution is 0.260. The van der Waals surface area contributed by atoms with Crippen molar-refractivity contribution < 1.29 is 12.8 Å². The molecule has 0 bridgehead atoms. The van der Waals surface area contributed by atoms with Crippen molar-refractivity contribution in [3.63, 3.8) is 0 Å². The molecule has 1 aliphatic carbocycles. The second kappa shape index (κ2) is 5.09. The van der Waals surface area contributed by atoms with Gasteiger partial charge in [-0.25, -0.2) is 17.5 Å². The highest BCUT2D eigenvalue weighted by Gasteiger charge is 2.28. The van der Waals surface area contributed by atoms with Crippen LogP contribution in [0.15, 0.2) is 17.0 Å². The molecule has 1 saturated carbocycles. The van der Waals surface area contributed by atoms with Crippen molar-refractivity contribution in [3.8, 4) is 0 Å². The van der Waals surface area contributed by atoms with E-state index in [1.54, 1.807) is 6.92 Å². The maximum atomic E-state index is 13.3. The number of hydrogen-bond donors (Lipinski definition) is 2. The van der Waals surface area contributed by atoms with Gasteiger partial charge in [0, 0.05) is 6.04 Å². The van der Waals surface area contributed by atoms with Crippen molar-refractivity contribution >= 4 is 15.7 Å². The van der Waals surface area contributed by atoms with Gasteiger partial charge in [-0.3, -0.25) is 0 Å². The van der Waals surface area contributed by atoms with Crippen molar-refractivity contribution in [3.05, 3.63) is 23.5 Å². The Morgan fingerprint density at radius 2 is 2.05 bits per heavy atom. The summed E-state index contributed by atoms with van der Waals surface area (Å²) in [4.78, 5) is 0.0533. The van der Waals surface area contributed by atoms with Crippen LogP contribution in [-0.4, -0.2) is 14.5 Å². The zero-order chi connectivity index (χ0) is 14.2. The van der Waals surface area contributed by atoms with Gasteiger partial charge in [-0.05, 0) is 50.3 Å². The second-order valence-corrected chi connectivity index (χ2v) is 6.92. The molecule has 1 atom stereocenters. The Balaban J connectivity index is 2.26. The number of rotatable bonds is 4. The Bertz CT molecular complexity index is 583. The first kappa shape index (κ1) is 14.3. The van der Waals surface area contributed by atoms with E-state index in [2.05, 4.69) is 4.72 Å². The first-order chi connectivity index (χ1) is 8.81. The molecule has 0 radical (unpaired) electrons. The number of hydrogen-bond acceptors (Lipinski definition) is 3.